The molecular weight excluding hydrogens is 272 g/mol. The van der Waals surface area contributed by atoms with Crippen LogP contribution in [-0.2, 0) is 4.74 Å². The molecule has 6 nitrogen and oxygen atoms in total. The van der Waals surface area contributed by atoms with Crippen LogP contribution in [0, 0.1) is 24.0 Å². The van der Waals surface area contributed by atoms with Crippen LogP contribution in [0.1, 0.15) is 24.5 Å². The van der Waals surface area contributed by atoms with Crippen molar-refractivity contribution < 1.29 is 14.4 Å². The van der Waals surface area contributed by atoms with E-state index in [0.29, 0.717) is 5.75 Å². The lowest BCUT2D eigenvalue weighted by Gasteiger charge is -2.43. The van der Waals surface area contributed by atoms with Gasteiger partial charge < -0.3 is 14.8 Å². The van der Waals surface area contributed by atoms with Gasteiger partial charge in [-0.15, -0.1) is 0 Å². The fourth-order valence-corrected chi connectivity index (χ4v) is 2.85. The van der Waals surface area contributed by atoms with E-state index in [-0.39, 0.29) is 23.9 Å². The van der Waals surface area contributed by atoms with Gasteiger partial charge in [0.1, 0.15) is 12.2 Å². The molecule has 1 saturated carbocycles. The summed E-state index contributed by atoms with van der Waals surface area (Å²) in [6.45, 7) is 6.57. The first kappa shape index (κ1) is 15.7. The predicted molar refractivity (Wildman–Crippen MR) is 79.9 cm³/mol. The summed E-state index contributed by atoms with van der Waals surface area (Å²) in [5.41, 5.74) is 1.66. The van der Waals surface area contributed by atoms with E-state index < -0.39 is 4.92 Å². The predicted octanol–water partition coefficient (Wildman–Crippen LogP) is 2.36. The van der Waals surface area contributed by atoms with Crippen molar-refractivity contribution in [3.63, 3.8) is 0 Å². The highest BCUT2D eigenvalue weighted by Gasteiger charge is 2.43. The lowest BCUT2D eigenvalue weighted by molar-refractivity contribution is -0.386. The minimum absolute atomic E-state index is 0.0225. The summed E-state index contributed by atoms with van der Waals surface area (Å²) < 4.78 is 11.3. The number of benzene rings is 1. The van der Waals surface area contributed by atoms with Crippen LogP contribution in [0.25, 0.3) is 0 Å². The number of aryl methyl sites for hydroxylation is 2. The number of ether oxygens (including phenoxy) is 2. The van der Waals surface area contributed by atoms with Gasteiger partial charge in [-0.25, -0.2) is 0 Å². The van der Waals surface area contributed by atoms with Crippen molar-refractivity contribution in [3.8, 4) is 5.75 Å². The van der Waals surface area contributed by atoms with Gasteiger partial charge in [-0.1, -0.05) is 13.0 Å². The van der Waals surface area contributed by atoms with Crippen LogP contribution in [0.4, 0.5) is 5.69 Å². The van der Waals surface area contributed by atoms with Crippen LogP contribution in [0.2, 0.25) is 0 Å². The fourth-order valence-electron chi connectivity index (χ4n) is 2.85. The van der Waals surface area contributed by atoms with E-state index in [2.05, 4.69) is 5.32 Å². The van der Waals surface area contributed by atoms with Crippen molar-refractivity contribution in [1.82, 2.24) is 5.32 Å². The van der Waals surface area contributed by atoms with Crippen LogP contribution in [-0.4, -0.2) is 36.8 Å². The molecule has 0 heterocycles. The van der Waals surface area contributed by atoms with Gasteiger partial charge >= 0.3 is 5.69 Å². The van der Waals surface area contributed by atoms with Gasteiger partial charge in [-0.05, 0) is 31.5 Å². The van der Waals surface area contributed by atoms with E-state index in [1.165, 1.54) is 0 Å². The number of nitrogens with one attached hydrogen (secondary N) is 1. The molecule has 1 aliphatic rings. The number of hydrogen-bond donors (Lipinski definition) is 1. The van der Waals surface area contributed by atoms with Gasteiger partial charge in [0.05, 0.1) is 4.92 Å². The van der Waals surface area contributed by atoms with Gasteiger partial charge in [-0.3, -0.25) is 10.1 Å². The molecule has 21 heavy (non-hydrogen) atoms. The largest absolute Gasteiger partial charge is 0.480 e. The lowest BCUT2D eigenvalue weighted by Crippen LogP contribution is -2.61. The van der Waals surface area contributed by atoms with Crippen LogP contribution >= 0.6 is 0 Å². The normalized spacial score (nSPS) is 24.5. The molecule has 116 valence electrons. The first-order valence-electron chi connectivity index (χ1n) is 7.16. The molecule has 1 aromatic rings. The number of likely N-dealkylation sites (N-methyl/N-ethyl adjacent to an activating group) is 1. The number of hydrogen-bond acceptors (Lipinski definition) is 5. The van der Waals surface area contributed by atoms with Crippen molar-refractivity contribution in [2.45, 2.75) is 45.4 Å². The second kappa shape index (κ2) is 6.41. The number of nitro groups is 1. The molecule has 3 unspecified atom stereocenters. The Kier molecular flexibility index (Phi) is 4.80. The van der Waals surface area contributed by atoms with Gasteiger partial charge in [0.15, 0.2) is 5.75 Å². The third kappa shape index (κ3) is 3.16. The van der Waals surface area contributed by atoms with E-state index in [1.807, 2.05) is 26.8 Å². The van der Waals surface area contributed by atoms with Crippen molar-refractivity contribution in [1.29, 1.82) is 0 Å². The average molecular weight is 294 g/mol. The van der Waals surface area contributed by atoms with Gasteiger partial charge in [-0.2, -0.15) is 0 Å². The smallest absolute Gasteiger partial charge is 0.311 e. The average Bonchev–Trinajstić information content (AvgIpc) is 2.39. The second-order valence-electron chi connectivity index (χ2n) is 5.44. The monoisotopic (exact) mass is 294 g/mol. The van der Waals surface area contributed by atoms with E-state index in [9.17, 15) is 10.1 Å². The molecule has 1 aliphatic carbocycles. The zero-order valence-corrected chi connectivity index (χ0v) is 12.9. The van der Waals surface area contributed by atoms with Gasteiger partial charge in [0.2, 0.25) is 0 Å². The third-order valence-electron chi connectivity index (χ3n) is 3.85. The maximum absolute atomic E-state index is 11.2. The van der Waals surface area contributed by atoms with E-state index in [1.54, 1.807) is 13.2 Å². The number of methoxy groups -OCH3 is 1. The molecule has 0 saturated heterocycles. The summed E-state index contributed by atoms with van der Waals surface area (Å²) in [5.74, 6) is 0.354. The Morgan fingerprint density at radius 2 is 2.14 bits per heavy atom. The van der Waals surface area contributed by atoms with E-state index in [0.717, 1.165) is 24.1 Å². The highest BCUT2D eigenvalue weighted by molar-refractivity contribution is 5.53. The Balaban J connectivity index is 2.19. The molecule has 1 N–H and O–H groups in total. The van der Waals surface area contributed by atoms with Crippen molar-refractivity contribution in [2.75, 3.05) is 13.7 Å². The molecule has 0 amide bonds. The first-order chi connectivity index (χ1) is 9.97. The van der Waals surface area contributed by atoms with E-state index in [4.69, 9.17) is 9.47 Å². The summed E-state index contributed by atoms with van der Waals surface area (Å²) in [4.78, 5) is 10.8. The second-order valence-corrected chi connectivity index (χ2v) is 5.44. The minimum atomic E-state index is -0.391. The quantitative estimate of drug-likeness (QED) is 0.644. The molecule has 1 aromatic carbocycles. The molecule has 3 atom stereocenters. The fraction of sp³-hybridized carbons (Fsp3) is 0.600. The topological polar surface area (TPSA) is 73.6 Å². The third-order valence-corrected chi connectivity index (χ3v) is 3.85. The number of rotatable bonds is 6. The Morgan fingerprint density at radius 1 is 1.43 bits per heavy atom. The summed E-state index contributed by atoms with van der Waals surface area (Å²) >= 11 is 0. The molecule has 2 rings (SSSR count). The molecule has 0 spiro atoms. The highest BCUT2D eigenvalue weighted by Crippen LogP contribution is 2.36. The molecule has 0 aromatic heterocycles. The first-order valence-corrected chi connectivity index (χ1v) is 7.16. The molecule has 6 heteroatoms. The summed E-state index contributed by atoms with van der Waals surface area (Å²) in [6.07, 6.45) is 0.556. The SMILES string of the molecule is CCNC1CC(Oc2c(C)cc(C)cc2[N+](=O)[O-])C1OC. The maximum Gasteiger partial charge on any atom is 0.311 e. The zero-order chi connectivity index (χ0) is 15.6. The van der Waals surface area contributed by atoms with Gasteiger partial charge in [0, 0.05) is 25.6 Å². The van der Waals surface area contributed by atoms with Crippen LogP contribution < -0.4 is 10.1 Å². The summed E-state index contributed by atoms with van der Waals surface area (Å²) in [7, 11) is 1.64. The van der Waals surface area contributed by atoms with Crippen molar-refractivity contribution in [2.24, 2.45) is 0 Å². The minimum Gasteiger partial charge on any atom is -0.480 e. The number of nitrogens with zero attached hydrogens (tertiary/aromatic N) is 1. The summed E-state index contributed by atoms with van der Waals surface area (Å²) in [5, 5.41) is 14.5. The Morgan fingerprint density at radius 3 is 2.71 bits per heavy atom. The Labute approximate surface area is 124 Å². The molecular formula is C15H22N2O4. The molecule has 1 fully saturated rings. The molecule has 0 aliphatic heterocycles. The van der Waals surface area contributed by atoms with Gasteiger partial charge in [0.25, 0.3) is 0 Å². The molecule has 0 bridgehead atoms. The highest BCUT2D eigenvalue weighted by atomic mass is 16.6. The standard InChI is InChI=1S/C15H22N2O4/c1-5-16-11-8-13(15(11)20-4)21-14-10(3)6-9(2)7-12(14)17(18)19/h6-7,11,13,15-16H,5,8H2,1-4H3. The summed E-state index contributed by atoms with van der Waals surface area (Å²) in [6, 6.07) is 3.68. The lowest BCUT2D eigenvalue weighted by atomic mass is 9.85. The van der Waals surface area contributed by atoms with Crippen LogP contribution in [0.5, 0.6) is 5.75 Å². The number of nitro benzene ring substituents is 1. The van der Waals surface area contributed by atoms with Crippen molar-refractivity contribution >= 4 is 5.69 Å². The Hall–Kier alpha value is -1.66. The Bertz CT molecular complexity index is 533. The van der Waals surface area contributed by atoms with Crippen molar-refractivity contribution in [3.05, 3.63) is 33.4 Å². The molecule has 0 radical (unpaired) electrons. The zero-order valence-electron chi connectivity index (χ0n) is 12.9. The van der Waals surface area contributed by atoms with E-state index >= 15 is 0 Å². The van der Waals surface area contributed by atoms with Crippen LogP contribution in [0.3, 0.4) is 0 Å². The van der Waals surface area contributed by atoms with Crippen LogP contribution in [0.15, 0.2) is 12.1 Å². The maximum atomic E-state index is 11.2.